The zero-order valence-electron chi connectivity index (χ0n) is 20.9. The third-order valence-electron chi connectivity index (χ3n) is 5.58. The van der Waals surface area contributed by atoms with Crippen molar-refractivity contribution in [3.8, 4) is 0 Å². The van der Waals surface area contributed by atoms with Crippen LogP contribution in [0.25, 0.3) is 0 Å². The van der Waals surface area contributed by atoms with Crippen molar-refractivity contribution in [2.75, 3.05) is 40.1 Å². The number of ether oxygens (including phenoxy) is 2. The molecule has 0 radical (unpaired) electrons. The minimum Gasteiger partial charge on any atom is -0.379 e. The highest BCUT2D eigenvalue weighted by Crippen LogP contribution is 2.42. The Labute approximate surface area is 197 Å². The van der Waals surface area contributed by atoms with Gasteiger partial charge in [0.2, 0.25) is 0 Å². The molecule has 0 aliphatic rings. The van der Waals surface area contributed by atoms with Crippen LogP contribution < -0.4 is 5.73 Å². The number of unbranched alkanes of at least 4 members (excludes halogenated alkanes) is 15. The Bertz CT molecular complexity index is 427. The first-order valence-electron chi connectivity index (χ1n) is 13.0. The van der Waals surface area contributed by atoms with Crippen LogP contribution in [0.15, 0.2) is 0 Å². The summed E-state index contributed by atoms with van der Waals surface area (Å²) >= 11 is 0. The van der Waals surface area contributed by atoms with Crippen LogP contribution in [-0.2, 0) is 23.1 Å². The summed E-state index contributed by atoms with van der Waals surface area (Å²) in [6.45, 7) is 3.33. The SMILES string of the molecule is CCCCCCCCCCCCCCCCCCOCC(COP(=O)(O)OCCN)OC. The van der Waals surface area contributed by atoms with Crippen LogP contribution in [0.1, 0.15) is 110 Å². The Morgan fingerprint density at radius 1 is 0.719 bits per heavy atom. The Balaban J connectivity index is 3.36. The van der Waals surface area contributed by atoms with Gasteiger partial charge in [0.05, 0.1) is 19.8 Å². The molecule has 0 spiro atoms. The second kappa shape index (κ2) is 24.1. The van der Waals surface area contributed by atoms with Crippen LogP contribution >= 0.6 is 7.82 Å². The summed E-state index contributed by atoms with van der Waals surface area (Å²) in [5, 5.41) is 0. The number of methoxy groups -OCH3 is 1. The first kappa shape index (κ1) is 32.0. The summed E-state index contributed by atoms with van der Waals surface area (Å²) < 4.78 is 32.0. The van der Waals surface area contributed by atoms with E-state index in [9.17, 15) is 9.46 Å². The maximum atomic E-state index is 11.6. The van der Waals surface area contributed by atoms with E-state index in [-0.39, 0.29) is 19.8 Å². The normalized spacial score (nSPS) is 14.5. The first-order chi connectivity index (χ1) is 15.6. The average Bonchev–Trinajstić information content (AvgIpc) is 2.79. The molecule has 2 unspecified atom stereocenters. The summed E-state index contributed by atoms with van der Waals surface area (Å²) in [4.78, 5) is 9.48. The summed E-state index contributed by atoms with van der Waals surface area (Å²) in [5.74, 6) is 0. The fraction of sp³-hybridized carbons (Fsp3) is 1.00. The Hall–Kier alpha value is -0.0100. The van der Waals surface area contributed by atoms with Crippen molar-refractivity contribution in [2.45, 2.75) is 116 Å². The molecule has 0 bridgehead atoms. The lowest BCUT2D eigenvalue weighted by molar-refractivity contribution is -0.0219. The van der Waals surface area contributed by atoms with Gasteiger partial charge in [0.15, 0.2) is 0 Å². The van der Waals surface area contributed by atoms with Gasteiger partial charge in [0.1, 0.15) is 6.10 Å². The van der Waals surface area contributed by atoms with E-state index in [4.69, 9.17) is 19.7 Å². The first-order valence-corrected chi connectivity index (χ1v) is 14.5. The second-order valence-corrected chi connectivity index (χ2v) is 10.1. The van der Waals surface area contributed by atoms with Crippen LogP contribution in [0.3, 0.4) is 0 Å². The molecule has 3 N–H and O–H groups in total. The molecule has 7 nitrogen and oxygen atoms in total. The largest absolute Gasteiger partial charge is 0.472 e. The van der Waals surface area contributed by atoms with Crippen molar-refractivity contribution in [1.29, 1.82) is 0 Å². The molecule has 2 atom stereocenters. The number of nitrogens with two attached hydrogens (primary N) is 1. The maximum absolute atomic E-state index is 11.6. The maximum Gasteiger partial charge on any atom is 0.472 e. The summed E-state index contributed by atoms with van der Waals surface area (Å²) in [6.07, 6.45) is 21.1. The third kappa shape index (κ3) is 23.2. The van der Waals surface area contributed by atoms with Crippen molar-refractivity contribution in [1.82, 2.24) is 0 Å². The van der Waals surface area contributed by atoms with Gasteiger partial charge in [-0.1, -0.05) is 103 Å². The minimum absolute atomic E-state index is 0.0266. The number of hydrogen-bond acceptors (Lipinski definition) is 6. The number of phosphoric ester groups is 1. The molecular formula is C24H52NO6P. The molecule has 0 aromatic carbocycles. The van der Waals surface area contributed by atoms with Gasteiger partial charge in [-0.15, -0.1) is 0 Å². The molecular weight excluding hydrogens is 429 g/mol. The molecule has 0 amide bonds. The predicted molar refractivity (Wildman–Crippen MR) is 132 cm³/mol. The van der Waals surface area contributed by atoms with Crippen LogP contribution in [0.4, 0.5) is 0 Å². The average molecular weight is 482 g/mol. The summed E-state index contributed by atoms with van der Waals surface area (Å²) in [5.41, 5.74) is 5.24. The van der Waals surface area contributed by atoms with Crippen LogP contribution in [-0.4, -0.2) is 51.1 Å². The lowest BCUT2D eigenvalue weighted by Gasteiger charge is -2.18. The molecule has 0 aliphatic heterocycles. The molecule has 0 aliphatic carbocycles. The molecule has 194 valence electrons. The van der Waals surface area contributed by atoms with E-state index in [1.807, 2.05) is 0 Å². The minimum atomic E-state index is -4.07. The van der Waals surface area contributed by atoms with Crippen molar-refractivity contribution >= 4 is 7.82 Å². The van der Waals surface area contributed by atoms with Gasteiger partial charge in [-0.2, -0.15) is 0 Å². The molecule has 0 saturated carbocycles. The summed E-state index contributed by atoms with van der Waals surface area (Å²) in [6, 6.07) is 0. The van der Waals surface area contributed by atoms with Crippen LogP contribution in [0.5, 0.6) is 0 Å². The van der Waals surface area contributed by atoms with E-state index in [2.05, 4.69) is 11.4 Å². The third-order valence-corrected chi connectivity index (χ3v) is 6.56. The summed E-state index contributed by atoms with van der Waals surface area (Å²) in [7, 11) is -2.55. The lowest BCUT2D eigenvalue weighted by Crippen LogP contribution is -2.24. The van der Waals surface area contributed by atoms with Crippen molar-refractivity contribution in [3.05, 3.63) is 0 Å². The van der Waals surface area contributed by atoms with Gasteiger partial charge in [-0.3, -0.25) is 9.05 Å². The zero-order chi connectivity index (χ0) is 23.8. The molecule has 0 fully saturated rings. The van der Waals surface area contributed by atoms with E-state index in [1.54, 1.807) is 0 Å². The highest BCUT2D eigenvalue weighted by atomic mass is 31.2. The monoisotopic (exact) mass is 481 g/mol. The molecule has 0 heterocycles. The molecule has 0 aromatic rings. The number of phosphoric acid groups is 1. The van der Waals surface area contributed by atoms with Gasteiger partial charge >= 0.3 is 7.82 Å². The van der Waals surface area contributed by atoms with E-state index in [0.29, 0.717) is 13.2 Å². The van der Waals surface area contributed by atoms with Gasteiger partial charge in [0, 0.05) is 20.3 Å². The van der Waals surface area contributed by atoms with Crippen LogP contribution in [0, 0.1) is 0 Å². The highest BCUT2D eigenvalue weighted by Gasteiger charge is 2.23. The van der Waals surface area contributed by atoms with E-state index in [0.717, 1.165) is 6.42 Å². The molecule has 0 rings (SSSR count). The highest BCUT2D eigenvalue weighted by molar-refractivity contribution is 7.47. The fourth-order valence-electron chi connectivity index (χ4n) is 3.53. The number of hydrogen-bond donors (Lipinski definition) is 2. The van der Waals surface area contributed by atoms with Crippen molar-refractivity contribution < 1.29 is 28.0 Å². The van der Waals surface area contributed by atoms with E-state index >= 15 is 0 Å². The predicted octanol–water partition coefficient (Wildman–Crippen LogP) is 6.37. The quantitative estimate of drug-likeness (QED) is 0.109. The Kier molecular flexibility index (Phi) is 24.1. The van der Waals surface area contributed by atoms with Crippen LogP contribution in [0.2, 0.25) is 0 Å². The van der Waals surface area contributed by atoms with Gasteiger partial charge in [0.25, 0.3) is 0 Å². The smallest absolute Gasteiger partial charge is 0.379 e. The standard InChI is InChI=1S/C24H52NO6P/c1-3-4-5-6-7-8-9-10-11-12-13-14-15-16-17-18-20-29-22-24(28-2)23-31-32(26,27)30-21-19-25/h24H,3-23,25H2,1-2H3,(H,26,27). The topological polar surface area (TPSA) is 100 Å². The zero-order valence-corrected chi connectivity index (χ0v) is 21.8. The molecule has 8 heteroatoms. The number of rotatable bonds is 26. The molecule has 32 heavy (non-hydrogen) atoms. The van der Waals surface area contributed by atoms with Crippen molar-refractivity contribution in [3.63, 3.8) is 0 Å². The van der Waals surface area contributed by atoms with Crippen molar-refractivity contribution in [2.24, 2.45) is 5.73 Å². The Morgan fingerprint density at radius 3 is 1.62 bits per heavy atom. The lowest BCUT2D eigenvalue weighted by atomic mass is 10.0. The molecule has 0 saturated heterocycles. The van der Waals surface area contributed by atoms with Gasteiger partial charge in [-0.25, -0.2) is 4.57 Å². The second-order valence-electron chi connectivity index (χ2n) is 8.62. The van der Waals surface area contributed by atoms with Gasteiger partial charge in [-0.05, 0) is 6.42 Å². The molecule has 0 aromatic heterocycles. The van der Waals surface area contributed by atoms with Gasteiger partial charge < -0.3 is 20.1 Å². The fourth-order valence-corrected chi connectivity index (χ4v) is 4.30. The Morgan fingerprint density at radius 2 is 1.19 bits per heavy atom. The van der Waals surface area contributed by atoms with E-state index in [1.165, 1.54) is 103 Å². The van der Waals surface area contributed by atoms with E-state index < -0.39 is 13.9 Å².